The average Bonchev–Trinajstić information content (AvgIpc) is 2.26. The second kappa shape index (κ2) is 6.93. The van der Waals surface area contributed by atoms with Gasteiger partial charge in [-0.15, -0.1) is 5.10 Å². The molecule has 0 heterocycles. The molecule has 0 radical (unpaired) electrons. The summed E-state index contributed by atoms with van der Waals surface area (Å²) in [6.45, 7) is 0.0419. The lowest BCUT2D eigenvalue weighted by Crippen LogP contribution is -2.18. The van der Waals surface area contributed by atoms with E-state index >= 15 is 0 Å². The molecule has 0 saturated heterocycles. The van der Waals surface area contributed by atoms with Crippen LogP contribution in [0.3, 0.4) is 0 Å². The van der Waals surface area contributed by atoms with Crippen LogP contribution in [-0.2, 0) is 0 Å². The molecule has 1 fully saturated rings. The Kier molecular flexibility index (Phi) is 5.38. The first-order valence-electron chi connectivity index (χ1n) is 5.38. The molecule has 0 aliphatic heterocycles. The predicted molar refractivity (Wildman–Crippen MR) is 58.2 cm³/mol. The van der Waals surface area contributed by atoms with Gasteiger partial charge in [0.25, 0.3) is 0 Å². The van der Waals surface area contributed by atoms with Gasteiger partial charge in [0.05, 0.1) is 6.07 Å². The Hall–Kier alpha value is -1.44. The van der Waals surface area contributed by atoms with Gasteiger partial charge in [0.1, 0.15) is 12.4 Å². The summed E-state index contributed by atoms with van der Waals surface area (Å²) in [7, 11) is 0. The van der Waals surface area contributed by atoms with Crippen molar-refractivity contribution in [1.29, 1.82) is 5.26 Å². The van der Waals surface area contributed by atoms with Crippen LogP contribution in [0.25, 0.3) is 0 Å². The summed E-state index contributed by atoms with van der Waals surface area (Å²) in [5.74, 6) is 1.19. The topological polar surface area (TPSA) is 86.9 Å². The molecule has 1 aliphatic carbocycles. The highest BCUT2D eigenvalue weighted by Crippen LogP contribution is 2.25. The molecule has 0 spiro atoms. The third-order valence-corrected chi connectivity index (χ3v) is 2.60. The fourth-order valence-corrected chi connectivity index (χ4v) is 1.88. The van der Waals surface area contributed by atoms with Crippen LogP contribution in [0.5, 0.6) is 0 Å². The smallest absolute Gasteiger partial charge is 0.149 e. The largest absolute Gasteiger partial charge is 0.386 e. The highest BCUT2D eigenvalue weighted by atomic mass is 15.4. The monoisotopic (exact) mass is 207 g/mol. The van der Waals surface area contributed by atoms with Gasteiger partial charge >= 0.3 is 0 Å². The van der Waals surface area contributed by atoms with E-state index in [4.69, 9.17) is 11.0 Å². The lowest BCUT2D eigenvalue weighted by atomic mass is 9.87. The second-order valence-corrected chi connectivity index (χ2v) is 3.85. The Morgan fingerprint density at radius 2 is 2.07 bits per heavy atom. The van der Waals surface area contributed by atoms with Crippen LogP contribution >= 0.6 is 0 Å². The lowest BCUT2D eigenvalue weighted by Gasteiger charge is -2.20. The zero-order valence-electron chi connectivity index (χ0n) is 8.89. The maximum atomic E-state index is 8.21. The molecule has 0 aromatic carbocycles. The predicted octanol–water partition coefficient (Wildman–Crippen LogP) is 2.20. The third-order valence-electron chi connectivity index (χ3n) is 2.60. The van der Waals surface area contributed by atoms with Gasteiger partial charge in [-0.25, -0.2) is 0 Å². The van der Waals surface area contributed by atoms with Crippen LogP contribution in [0.15, 0.2) is 15.4 Å². The Morgan fingerprint density at radius 1 is 1.33 bits per heavy atom. The maximum absolute atomic E-state index is 8.21. The highest BCUT2D eigenvalue weighted by Gasteiger charge is 2.14. The first kappa shape index (κ1) is 11.6. The summed E-state index contributed by atoms with van der Waals surface area (Å²) in [5, 5.41) is 19.0. The molecule has 0 unspecified atom stereocenters. The van der Waals surface area contributed by atoms with Crippen molar-refractivity contribution in [2.45, 2.75) is 38.5 Å². The zero-order chi connectivity index (χ0) is 10.9. The molecule has 0 bridgehead atoms. The summed E-state index contributed by atoms with van der Waals surface area (Å²) in [6.07, 6.45) is 7.24. The fourth-order valence-electron chi connectivity index (χ4n) is 1.88. The Balaban J connectivity index is 2.27. The summed E-state index contributed by atoms with van der Waals surface area (Å²) in [4.78, 5) is 0. The number of nitriles is 1. The van der Waals surface area contributed by atoms with E-state index in [9.17, 15) is 0 Å². The molecule has 1 aliphatic rings. The molecule has 2 N–H and O–H groups in total. The van der Waals surface area contributed by atoms with Crippen molar-refractivity contribution < 1.29 is 0 Å². The van der Waals surface area contributed by atoms with Gasteiger partial charge in [0, 0.05) is 6.42 Å². The van der Waals surface area contributed by atoms with E-state index < -0.39 is 0 Å². The van der Waals surface area contributed by atoms with Gasteiger partial charge in [-0.3, -0.25) is 0 Å². The van der Waals surface area contributed by atoms with Crippen molar-refractivity contribution in [2.24, 2.45) is 27.1 Å². The summed E-state index contributed by atoms with van der Waals surface area (Å²) in [5.41, 5.74) is 5.70. The Morgan fingerprint density at radius 3 is 2.73 bits per heavy atom. The molecule has 82 valence electrons. The van der Waals surface area contributed by atoms with Crippen LogP contribution in [0.1, 0.15) is 38.5 Å². The molecule has 1 rings (SSSR count). The summed E-state index contributed by atoms with van der Waals surface area (Å²) < 4.78 is 0. The number of hydrogen-bond donors (Lipinski definition) is 1. The third kappa shape index (κ3) is 5.11. The molecule has 0 amide bonds. The summed E-state index contributed by atoms with van der Waals surface area (Å²) in [6, 6.07) is 1.85. The second-order valence-electron chi connectivity index (χ2n) is 3.85. The number of nitrogens with two attached hydrogens (primary N) is 1. The van der Waals surface area contributed by atoms with Gasteiger partial charge in [-0.1, -0.05) is 32.1 Å². The minimum atomic E-state index is 0.0419. The van der Waals surface area contributed by atoms with Gasteiger partial charge in [0.15, 0.2) is 0 Å². The van der Waals surface area contributed by atoms with E-state index in [0.29, 0.717) is 11.8 Å². The average molecular weight is 207 g/mol. The number of hydrogen-bond acceptors (Lipinski definition) is 3. The van der Waals surface area contributed by atoms with E-state index in [1.165, 1.54) is 32.1 Å². The Labute approximate surface area is 90.1 Å². The zero-order valence-corrected chi connectivity index (χ0v) is 8.89. The Bertz CT molecular complexity index is 270. The molecule has 0 aromatic rings. The van der Waals surface area contributed by atoms with Crippen molar-refractivity contribution in [1.82, 2.24) is 0 Å². The van der Waals surface area contributed by atoms with Crippen molar-refractivity contribution in [3.05, 3.63) is 0 Å². The molecule has 15 heavy (non-hydrogen) atoms. The van der Waals surface area contributed by atoms with Crippen LogP contribution in [0.2, 0.25) is 0 Å². The quantitative estimate of drug-likeness (QED) is 0.252. The fraction of sp³-hybridized carbons (Fsp3) is 0.800. The van der Waals surface area contributed by atoms with Crippen LogP contribution < -0.4 is 5.73 Å². The molecule has 5 heteroatoms. The molecular formula is C10H17N5. The first-order valence-corrected chi connectivity index (χ1v) is 5.38. The van der Waals surface area contributed by atoms with Gasteiger partial charge < -0.3 is 5.73 Å². The van der Waals surface area contributed by atoms with E-state index in [1.54, 1.807) is 0 Å². The van der Waals surface area contributed by atoms with Gasteiger partial charge in [0.2, 0.25) is 0 Å². The standard InChI is InChI=1S/C10H17N5/c11-6-7-13-15-14-10(12)8-9-4-2-1-3-5-9/h9H,1-5,7-8H2,(H2,12,13,14). The maximum Gasteiger partial charge on any atom is 0.149 e. The minimum Gasteiger partial charge on any atom is -0.386 e. The van der Waals surface area contributed by atoms with Crippen LogP contribution in [0, 0.1) is 17.2 Å². The minimum absolute atomic E-state index is 0.0419. The SMILES string of the molecule is N#CCN=N/N=C(\N)CC1CCCCC1. The van der Waals surface area contributed by atoms with Crippen LogP contribution in [-0.4, -0.2) is 12.4 Å². The normalized spacial score (nSPS) is 19.3. The lowest BCUT2D eigenvalue weighted by molar-refractivity contribution is 0.367. The number of rotatable bonds is 4. The summed E-state index contributed by atoms with van der Waals surface area (Å²) >= 11 is 0. The highest BCUT2D eigenvalue weighted by molar-refractivity contribution is 5.80. The van der Waals surface area contributed by atoms with E-state index in [0.717, 1.165) is 6.42 Å². The van der Waals surface area contributed by atoms with E-state index in [1.807, 2.05) is 6.07 Å². The van der Waals surface area contributed by atoms with Crippen molar-refractivity contribution in [3.8, 4) is 6.07 Å². The molecule has 0 aromatic heterocycles. The van der Waals surface area contributed by atoms with Crippen molar-refractivity contribution in [3.63, 3.8) is 0 Å². The molecule has 0 atom stereocenters. The molecule has 1 saturated carbocycles. The van der Waals surface area contributed by atoms with Gasteiger partial charge in [-0.2, -0.15) is 10.4 Å². The number of nitrogens with zero attached hydrogens (tertiary/aromatic N) is 4. The van der Waals surface area contributed by atoms with Crippen molar-refractivity contribution in [2.75, 3.05) is 6.54 Å². The van der Waals surface area contributed by atoms with Crippen LogP contribution in [0.4, 0.5) is 0 Å². The van der Waals surface area contributed by atoms with E-state index in [2.05, 4.69) is 15.4 Å². The first-order chi connectivity index (χ1) is 7.33. The van der Waals surface area contributed by atoms with Crippen molar-refractivity contribution >= 4 is 5.84 Å². The molecular weight excluding hydrogens is 190 g/mol. The number of amidine groups is 1. The molecule has 5 nitrogen and oxygen atoms in total. The van der Waals surface area contributed by atoms with E-state index in [-0.39, 0.29) is 6.54 Å². The van der Waals surface area contributed by atoms with Gasteiger partial charge in [-0.05, 0) is 11.1 Å².